The minimum absolute atomic E-state index is 0.283. The predicted molar refractivity (Wildman–Crippen MR) is 55.8 cm³/mol. The Bertz CT molecular complexity index is 301. The number of rotatable bonds is 4. The van der Waals surface area contributed by atoms with Gasteiger partial charge in [0, 0.05) is 6.42 Å². The molecule has 2 nitrogen and oxygen atoms in total. The van der Waals surface area contributed by atoms with Crippen LogP contribution in [0.1, 0.15) is 12.0 Å². The van der Waals surface area contributed by atoms with Crippen LogP contribution < -0.4 is 0 Å². The standard InChI is InChI=1S/C12H14O2/c13-11(8-12-9-14-12)7-6-10-4-2-1-3-5-10/h1-7,11-13H,8-9H2. The van der Waals surface area contributed by atoms with E-state index in [4.69, 9.17) is 4.74 Å². The number of aliphatic hydroxyl groups is 1. The van der Waals surface area contributed by atoms with Gasteiger partial charge in [-0.2, -0.15) is 0 Å². The highest BCUT2D eigenvalue weighted by atomic mass is 16.6. The quantitative estimate of drug-likeness (QED) is 0.735. The summed E-state index contributed by atoms with van der Waals surface area (Å²) in [4.78, 5) is 0. The van der Waals surface area contributed by atoms with Crippen LogP contribution in [0.5, 0.6) is 0 Å². The van der Waals surface area contributed by atoms with Crippen LogP contribution >= 0.6 is 0 Å². The van der Waals surface area contributed by atoms with Gasteiger partial charge in [0.15, 0.2) is 0 Å². The summed E-state index contributed by atoms with van der Waals surface area (Å²) in [5, 5.41) is 9.55. The second kappa shape index (κ2) is 4.40. The van der Waals surface area contributed by atoms with Crippen molar-refractivity contribution in [1.29, 1.82) is 0 Å². The van der Waals surface area contributed by atoms with Crippen molar-refractivity contribution in [3.8, 4) is 0 Å². The summed E-state index contributed by atoms with van der Waals surface area (Å²) in [6.07, 6.45) is 4.36. The van der Waals surface area contributed by atoms with Crippen LogP contribution in [0.25, 0.3) is 6.08 Å². The molecule has 1 saturated heterocycles. The van der Waals surface area contributed by atoms with Crippen molar-refractivity contribution >= 4 is 6.08 Å². The summed E-state index contributed by atoms with van der Waals surface area (Å²) in [6, 6.07) is 9.96. The Hall–Kier alpha value is -1.12. The van der Waals surface area contributed by atoms with E-state index in [1.807, 2.05) is 42.5 Å². The first-order valence-corrected chi connectivity index (χ1v) is 4.87. The number of epoxide rings is 1. The van der Waals surface area contributed by atoms with Crippen LogP contribution in [0.3, 0.4) is 0 Å². The van der Waals surface area contributed by atoms with E-state index in [2.05, 4.69) is 0 Å². The topological polar surface area (TPSA) is 32.8 Å². The molecular formula is C12H14O2. The lowest BCUT2D eigenvalue weighted by Crippen LogP contribution is -2.05. The highest BCUT2D eigenvalue weighted by Crippen LogP contribution is 2.16. The number of benzene rings is 1. The molecule has 2 heteroatoms. The zero-order valence-corrected chi connectivity index (χ0v) is 7.97. The molecule has 0 bridgehead atoms. The molecule has 2 rings (SSSR count). The molecule has 0 aromatic heterocycles. The molecule has 1 heterocycles. The summed E-state index contributed by atoms with van der Waals surface area (Å²) in [5.74, 6) is 0. The van der Waals surface area contributed by atoms with Gasteiger partial charge in [0.2, 0.25) is 0 Å². The van der Waals surface area contributed by atoms with Gasteiger partial charge in [0.05, 0.1) is 18.8 Å². The molecule has 0 aliphatic carbocycles. The fourth-order valence-electron chi connectivity index (χ4n) is 1.34. The third-order valence-electron chi connectivity index (χ3n) is 2.22. The van der Waals surface area contributed by atoms with Crippen molar-refractivity contribution in [3.63, 3.8) is 0 Å². The summed E-state index contributed by atoms with van der Waals surface area (Å²) >= 11 is 0. The predicted octanol–water partition coefficient (Wildman–Crippen LogP) is 1.85. The Labute approximate surface area is 83.8 Å². The van der Waals surface area contributed by atoms with Crippen LogP contribution in [0.4, 0.5) is 0 Å². The molecule has 1 aromatic carbocycles. The van der Waals surface area contributed by atoms with Gasteiger partial charge in [-0.3, -0.25) is 0 Å². The van der Waals surface area contributed by atoms with Crippen molar-refractivity contribution in [2.45, 2.75) is 18.6 Å². The Kier molecular flexibility index (Phi) is 2.96. The third kappa shape index (κ3) is 2.98. The van der Waals surface area contributed by atoms with Crippen molar-refractivity contribution in [2.24, 2.45) is 0 Å². The van der Waals surface area contributed by atoms with E-state index >= 15 is 0 Å². The molecule has 0 saturated carbocycles. The van der Waals surface area contributed by atoms with Crippen molar-refractivity contribution in [2.75, 3.05) is 6.61 Å². The maximum Gasteiger partial charge on any atom is 0.0837 e. The van der Waals surface area contributed by atoms with Gasteiger partial charge in [-0.1, -0.05) is 42.5 Å². The SMILES string of the molecule is OC(C=Cc1ccccc1)CC1CO1. The second-order valence-electron chi connectivity index (χ2n) is 3.53. The minimum atomic E-state index is -0.386. The summed E-state index contributed by atoms with van der Waals surface area (Å²) in [5.41, 5.74) is 1.11. The normalized spacial score (nSPS) is 22.5. The second-order valence-corrected chi connectivity index (χ2v) is 3.53. The number of hydrogen-bond donors (Lipinski definition) is 1. The average Bonchev–Trinajstić information content (AvgIpc) is 3.00. The Morgan fingerprint density at radius 3 is 2.79 bits per heavy atom. The lowest BCUT2D eigenvalue weighted by molar-refractivity contribution is 0.197. The molecule has 1 aliphatic rings. The Morgan fingerprint density at radius 1 is 1.43 bits per heavy atom. The smallest absolute Gasteiger partial charge is 0.0837 e. The van der Waals surface area contributed by atoms with E-state index in [0.29, 0.717) is 6.42 Å². The highest BCUT2D eigenvalue weighted by Gasteiger charge is 2.24. The van der Waals surface area contributed by atoms with Gasteiger partial charge in [-0.25, -0.2) is 0 Å². The van der Waals surface area contributed by atoms with Gasteiger partial charge >= 0.3 is 0 Å². The first-order chi connectivity index (χ1) is 6.84. The lowest BCUT2D eigenvalue weighted by Gasteiger charge is -2.01. The zero-order valence-electron chi connectivity index (χ0n) is 7.97. The lowest BCUT2D eigenvalue weighted by atomic mass is 10.1. The van der Waals surface area contributed by atoms with Crippen molar-refractivity contribution in [3.05, 3.63) is 42.0 Å². The van der Waals surface area contributed by atoms with E-state index in [0.717, 1.165) is 12.2 Å². The third-order valence-corrected chi connectivity index (χ3v) is 2.22. The zero-order chi connectivity index (χ0) is 9.80. The number of aliphatic hydroxyl groups excluding tert-OH is 1. The van der Waals surface area contributed by atoms with Crippen molar-refractivity contribution < 1.29 is 9.84 Å². The maximum atomic E-state index is 9.55. The fraction of sp³-hybridized carbons (Fsp3) is 0.333. The van der Waals surface area contributed by atoms with E-state index in [9.17, 15) is 5.11 Å². The Morgan fingerprint density at radius 2 is 2.14 bits per heavy atom. The van der Waals surface area contributed by atoms with E-state index in [1.165, 1.54) is 0 Å². The van der Waals surface area contributed by atoms with Crippen LogP contribution in [0.15, 0.2) is 36.4 Å². The van der Waals surface area contributed by atoms with Crippen LogP contribution in [-0.2, 0) is 4.74 Å². The molecule has 74 valence electrons. The van der Waals surface area contributed by atoms with Crippen LogP contribution in [0.2, 0.25) is 0 Å². The summed E-state index contributed by atoms with van der Waals surface area (Å²) in [7, 11) is 0. The van der Waals surface area contributed by atoms with E-state index in [-0.39, 0.29) is 12.2 Å². The molecule has 2 atom stereocenters. The maximum absolute atomic E-state index is 9.55. The van der Waals surface area contributed by atoms with Crippen LogP contribution in [0, 0.1) is 0 Å². The molecule has 0 amide bonds. The molecule has 1 N–H and O–H groups in total. The molecule has 1 aliphatic heterocycles. The first-order valence-electron chi connectivity index (χ1n) is 4.87. The molecule has 2 unspecified atom stereocenters. The molecule has 14 heavy (non-hydrogen) atoms. The number of ether oxygens (including phenoxy) is 1. The van der Waals surface area contributed by atoms with Gasteiger partial charge in [-0.15, -0.1) is 0 Å². The highest BCUT2D eigenvalue weighted by molar-refractivity contribution is 5.49. The monoisotopic (exact) mass is 190 g/mol. The number of hydrogen-bond acceptors (Lipinski definition) is 2. The molecular weight excluding hydrogens is 176 g/mol. The summed E-state index contributed by atoms with van der Waals surface area (Å²) < 4.78 is 5.04. The van der Waals surface area contributed by atoms with Gasteiger partial charge in [-0.05, 0) is 5.56 Å². The van der Waals surface area contributed by atoms with Crippen LogP contribution in [-0.4, -0.2) is 23.9 Å². The minimum Gasteiger partial charge on any atom is -0.389 e. The molecule has 1 fully saturated rings. The molecule has 0 radical (unpaired) electrons. The van der Waals surface area contributed by atoms with Gasteiger partial charge in [0.25, 0.3) is 0 Å². The molecule has 0 spiro atoms. The average molecular weight is 190 g/mol. The first kappa shape index (κ1) is 9.44. The fourth-order valence-corrected chi connectivity index (χ4v) is 1.34. The largest absolute Gasteiger partial charge is 0.389 e. The van der Waals surface area contributed by atoms with E-state index < -0.39 is 0 Å². The Balaban J connectivity index is 1.86. The summed E-state index contributed by atoms with van der Waals surface area (Å²) in [6.45, 7) is 0.802. The molecule has 1 aromatic rings. The van der Waals surface area contributed by atoms with Crippen molar-refractivity contribution in [1.82, 2.24) is 0 Å². The van der Waals surface area contributed by atoms with Gasteiger partial charge < -0.3 is 9.84 Å². The van der Waals surface area contributed by atoms with E-state index in [1.54, 1.807) is 0 Å². The van der Waals surface area contributed by atoms with Gasteiger partial charge in [0.1, 0.15) is 0 Å².